The molecule has 1 unspecified atom stereocenters. The van der Waals surface area contributed by atoms with Gasteiger partial charge in [-0.1, -0.05) is 6.07 Å². The van der Waals surface area contributed by atoms with Crippen LogP contribution in [0.1, 0.15) is 12.8 Å². The number of anilines is 2. The first kappa shape index (κ1) is 13.7. The number of methoxy groups -OCH3 is 1. The Bertz CT molecular complexity index is 417. The lowest BCUT2D eigenvalue weighted by molar-refractivity contribution is 0.187. The average Bonchev–Trinajstić information content (AvgIpc) is 2.46. The third-order valence-electron chi connectivity index (χ3n) is 3.29. The van der Waals surface area contributed by atoms with Crippen LogP contribution in [0.4, 0.5) is 16.2 Å². The lowest BCUT2D eigenvalue weighted by Crippen LogP contribution is -2.33. The molecular formula is C14H21N3O2. The molecular weight excluding hydrogens is 242 g/mol. The highest BCUT2D eigenvalue weighted by Crippen LogP contribution is 2.17. The summed E-state index contributed by atoms with van der Waals surface area (Å²) < 4.78 is 4.57. The molecule has 0 aliphatic carbocycles. The molecule has 1 saturated heterocycles. The van der Waals surface area contributed by atoms with Crippen LogP contribution in [0.15, 0.2) is 24.3 Å². The molecule has 5 nitrogen and oxygen atoms in total. The van der Waals surface area contributed by atoms with Crippen LogP contribution in [0.5, 0.6) is 0 Å². The SMILES string of the molecule is COC(=O)Nc1cccc(NCC2CCCNC2)c1. The van der Waals surface area contributed by atoms with E-state index in [0.717, 1.165) is 31.0 Å². The monoisotopic (exact) mass is 263 g/mol. The van der Waals surface area contributed by atoms with Crippen LogP contribution < -0.4 is 16.0 Å². The van der Waals surface area contributed by atoms with E-state index in [9.17, 15) is 4.79 Å². The molecule has 0 saturated carbocycles. The minimum Gasteiger partial charge on any atom is -0.453 e. The summed E-state index contributed by atoms with van der Waals surface area (Å²) in [7, 11) is 1.35. The Morgan fingerprint density at radius 3 is 3.05 bits per heavy atom. The summed E-state index contributed by atoms with van der Waals surface area (Å²) in [6, 6.07) is 7.66. The van der Waals surface area contributed by atoms with Gasteiger partial charge in [0.05, 0.1) is 7.11 Å². The third kappa shape index (κ3) is 4.44. The fourth-order valence-corrected chi connectivity index (χ4v) is 2.24. The maximum absolute atomic E-state index is 11.1. The quantitative estimate of drug-likeness (QED) is 0.780. The molecule has 0 radical (unpaired) electrons. The Hall–Kier alpha value is -1.75. The molecule has 104 valence electrons. The molecule has 5 heteroatoms. The number of hydrogen-bond donors (Lipinski definition) is 3. The zero-order valence-electron chi connectivity index (χ0n) is 11.2. The van der Waals surface area contributed by atoms with Crippen molar-refractivity contribution in [3.8, 4) is 0 Å². The molecule has 0 bridgehead atoms. The second-order valence-corrected chi connectivity index (χ2v) is 4.79. The van der Waals surface area contributed by atoms with Crippen LogP contribution in [0.25, 0.3) is 0 Å². The van der Waals surface area contributed by atoms with Gasteiger partial charge >= 0.3 is 6.09 Å². The van der Waals surface area contributed by atoms with Crippen molar-refractivity contribution < 1.29 is 9.53 Å². The van der Waals surface area contributed by atoms with E-state index in [0.29, 0.717) is 5.92 Å². The van der Waals surface area contributed by atoms with Gasteiger partial charge < -0.3 is 15.4 Å². The minimum absolute atomic E-state index is 0.450. The van der Waals surface area contributed by atoms with Crippen molar-refractivity contribution in [3.63, 3.8) is 0 Å². The summed E-state index contributed by atoms with van der Waals surface area (Å²) in [4.78, 5) is 11.1. The number of piperidine rings is 1. The first-order valence-electron chi connectivity index (χ1n) is 6.67. The number of carbonyl (C=O) groups is 1. The number of benzene rings is 1. The van der Waals surface area contributed by atoms with Crippen LogP contribution in [0.2, 0.25) is 0 Å². The van der Waals surface area contributed by atoms with Crippen molar-refractivity contribution in [2.45, 2.75) is 12.8 Å². The summed E-state index contributed by atoms with van der Waals surface area (Å²) >= 11 is 0. The number of rotatable bonds is 4. The standard InChI is InChI=1S/C14H21N3O2/c1-19-14(18)17-13-6-2-5-12(8-13)16-10-11-4-3-7-15-9-11/h2,5-6,8,11,15-16H,3-4,7,9-10H2,1H3,(H,17,18). The van der Waals surface area contributed by atoms with Crippen molar-refractivity contribution in [2.75, 3.05) is 37.4 Å². The Morgan fingerprint density at radius 2 is 2.32 bits per heavy atom. The Balaban J connectivity index is 1.85. The Morgan fingerprint density at radius 1 is 1.47 bits per heavy atom. The molecule has 2 rings (SSSR count). The summed E-state index contributed by atoms with van der Waals surface area (Å²) in [6.45, 7) is 3.16. The molecule has 1 aliphatic heterocycles. The van der Waals surface area contributed by atoms with Gasteiger partial charge in [0.25, 0.3) is 0 Å². The maximum Gasteiger partial charge on any atom is 0.411 e. The minimum atomic E-state index is -0.450. The van der Waals surface area contributed by atoms with Gasteiger partial charge in [-0.15, -0.1) is 0 Å². The van der Waals surface area contributed by atoms with Crippen molar-refractivity contribution in [2.24, 2.45) is 5.92 Å². The molecule has 0 aromatic heterocycles. The number of amides is 1. The van der Waals surface area contributed by atoms with E-state index in [4.69, 9.17) is 0 Å². The van der Waals surface area contributed by atoms with Gasteiger partial charge in [-0.25, -0.2) is 4.79 Å². The van der Waals surface area contributed by atoms with E-state index in [-0.39, 0.29) is 0 Å². The highest BCUT2D eigenvalue weighted by molar-refractivity contribution is 5.85. The Kier molecular flexibility index (Phi) is 5.03. The number of ether oxygens (including phenoxy) is 1. The normalized spacial score (nSPS) is 18.7. The molecule has 1 heterocycles. The van der Waals surface area contributed by atoms with E-state index in [1.807, 2.05) is 24.3 Å². The average molecular weight is 263 g/mol. The molecule has 1 amide bonds. The summed E-state index contributed by atoms with van der Waals surface area (Å²) in [6.07, 6.45) is 2.06. The van der Waals surface area contributed by atoms with Crippen molar-refractivity contribution in [1.29, 1.82) is 0 Å². The summed E-state index contributed by atoms with van der Waals surface area (Å²) in [5, 5.41) is 9.47. The topological polar surface area (TPSA) is 62.4 Å². The smallest absolute Gasteiger partial charge is 0.411 e. The van der Waals surface area contributed by atoms with Crippen molar-refractivity contribution in [3.05, 3.63) is 24.3 Å². The van der Waals surface area contributed by atoms with Crippen LogP contribution >= 0.6 is 0 Å². The lowest BCUT2D eigenvalue weighted by atomic mass is 10.00. The summed E-state index contributed by atoms with van der Waals surface area (Å²) in [5.74, 6) is 0.672. The van der Waals surface area contributed by atoms with E-state index in [1.165, 1.54) is 20.0 Å². The summed E-state index contributed by atoms with van der Waals surface area (Å²) in [5.41, 5.74) is 1.75. The lowest BCUT2D eigenvalue weighted by Gasteiger charge is -2.23. The number of hydrogen-bond acceptors (Lipinski definition) is 4. The highest BCUT2D eigenvalue weighted by Gasteiger charge is 2.12. The van der Waals surface area contributed by atoms with E-state index in [1.54, 1.807) is 0 Å². The fourth-order valence-electron chi connectivity index (χ4n) is 2.24. The predicted octanol–water partition coefficient (Wildman–Crippen LogP) is 2.28. The van der Waals surface area contributed by atoms with E-state index in [2.05, 4.69) is 20.7 Å². The Labute approximate surface area is 113 Å². The largest absolute Gasteiger partial charge is 0.453 e. The first-order valence-corrected chi connectivity index (χ1v) is 6.67. The van der Waals surface area contributed by atoms with Crippen molar-refractivity contribution >= 4 is 17.5 Å². The highest BCUT2D eigenvalue weighted by atomic mass is 16.5. The number of carbonyl (C=O) groups excluding carboxylic acids is 1. The zero-order chi connectivity index (χ0) is 13.5. The molecule has 3 N–H and O–H groups in total. The van der Waals surface area contributed by atoms with Gasteiger partial charge in [0.1, 0.15) is 0 Å². The van der Waals surface area contributed by atoms with Crippen molar-refractivity contribution in [1.82, 2.24) is 5.32 Å². The second kappa shape index (κ2) is 6.99. The maximum atomic E-state index is 11.1. The van der Waals surface area contributed by atoms with Gasteiger partial charge in [0, 0.05) is 17.9 Å². The van der Waals surface area contributed by atoms with E-state index >= 15 is 0 Å². The molecule has 19 heavy (non-hydrogen) atoms. The predicted molar refractivity (Wildman–Crippen MR) is 76.6 cm³/mol. The molecule has 0 spiro atoms. The third-order valence-corrected chi connectivity index (χ3v) is 3.29. The van der Waals surface area contributed by atoms with Gasteiger partial charge in [-0.05, 0) is 50.0 Å². The van der Waals surface area contributed by atoms with Gasteiger partial charge in [-0.2, -0.15) is 0 Å². The molecule has 1 aromatic carbocycles. The first-order chi connectivity index (χ1) is 9.28. The van der Waals surface area contributed by atoms with Gasteiger partial charge in [-0.3, -0.25) is 5.32 Å². The van der Waals surface area contributed by atoms with Crippen LogP contribution in [0.3, 0.4) is 0 Å². The molecule has 1 fully saturated rings. The van der Waals surface area contributed by atoms with Gasteiger partial charge in [0.15, 0.2) is 0 Å². The molecule has 1 atom stereocenters. The van der Waals surface area contributed by atoms with Gasteiger partial charge in [0.2, 0.25) is 0 Å². The second-order valence-electron chi connectivity index (χ2n) is 4.79. The molecule has 1 aliphatic rings. The zero-order valence-corrected chi connectivity index (χ0v) is 11.2. The van der Waals surface area contributed by atoms with Crippen LogP contribution in [0, 0.1) is 5.92 Å². The fraction of sp³-hybridized carbons (Fsp3) is 0.500. The van der Waals surface area contributed by atoms with E-state index < -0.39 is 6.09 Å². The van der Waals surface area contributed by atoms with Crippen LogP contribution in [-0.2, 0) is 4.74 Å². The number of nitrogens with one attached hydrogen (secondary N) is 3. The molecule has 1 aromatic rings. The van der Waals surface area contributed by atoms with Crippen LogP contribution in [-0.4, -0.2) is 32.8 Å².